The highest BCUT2D eigenvalue weighted by Gasteiger charge is 2.17. The lowest BCUT2D eigenvalue weighted by Gasteiger charge is -2.24. The first-order valence-electron chi connectivity index (χ1n) is 5.29. The van der Waals surface area contributed by atoms with E-state index in [9.17, 15) is 0 Å². The molecule has 1 unspecified atom stereocenters. The molecule has 3 nitrogen and oxygen atoms in total. The number of nitrogens with zero attached hydrogens (tertiary/aromatic N) is 2. The Bertz CT molecular complexity index is 276. The van der Waals surface area contributed by atoms with Gasteiger partial charge in [0.15, 0.2) is 0 Å². The first-order chi connectivity index (χ1) is 6.57. The van der Waals surface area contributed by atoms with Gasteiger partial charge in [-0.15, -0.1) is 0 Å². The lowest BCUT2D eigenvalue weighted by Crippen LogP contribution is -2.25. The van der Waals surface area contributed by atoms with Crippen molar-refractivity contribution >= 4 is 0 Å². The van der Waals surface area contributed by atoms with E-state index < -0.39 is 0 Å². The fourth-order valence-electron chi connectivity index (χ4n) is 1.75. The van der Waals surface area contributed by atoms with E-state index in [4.69, 9.17) is 5.73 Å². The maximum atomic E-state index is 5.79. The van der Waals surface area contributed by atoms with Crippen molar-refractivity contribution in [2.24, 2.45) is 11.7 Å². The highest BCUT2D eigenvalue weighted by atomic mass is 15.1. The first-order valence-corrected chi connectivity index (χ1v) is 5.29. The topological polar surface area (TPSA) is 43.8 Å². The van der Waals surface area contributed by atoms with Crippen molar-refractivity contribution in [1.29, 1.82) is 0 Å². The molecule has 80 valence electrons. The van der Waals surface area contributed by atoms with Gasteiger partial charge in [0.25, 0.3) is 0 Å². The summed E-state index contributed by atoms with van der Waals surface area (Å²) in [7, 11) is 0. The fourth-order valence-corrected chi connectivity index (χ4v) is 1.75. The minimum Gasteiger partial charge on any atom is -0.330 e. The van der Waals surface area contributed by atoms with Crippen LogP contribution in [0.3, 0.4) is 0 Å². The minimum atomic E-state index is 0.370. The van der Waals surface area contributed by atoms with E-state index in [0.717, 1.165) is 0 Å². The zero-order chi connectivity index (χ0) is 10.7. The quantitative estimate of drug-likeness (QED) is 0.800. The van der Waals surface area contributed by atoms with Crippen LogP contribution < -0.4 is 5.73 Å². The second-order valence-electron chi connectivity index (χ2n) is 4.43. The lowest BCUT2D eigenvalue weighted by molar-refractivity contribution is 0.372. The van der Waals surface area contributed by atoms with Crippen LogP contribution in [-0.4, -0.2) is 16.1 Å². The van der Waals surface area contributed by atoms with Crippen molar-refractivity contribution in [2.45, 2.75) is 39.7 Å². The lowest BCUT2D eigenvalue weighted by atomic mass is 10.0. The summed E-state index contributed by atoms with van der Waals surface area (Å²) in [4.78, 5) is 4.20. The third kappa shape index (κ3) is 2.15. The number of imidazole rings is 1. The average Bonchev–Trinajstić information content (AvgIpc) is 2.53. The molecule has 0 aliphatic carbocycles. The summed E-state index contributed by atoms with van der Waals surface area (Å²) >= 11 is 0. The molecule has 0 spiro atoms. The maximum absolute atomic E-state index is 5.79. The van der Waals surface area contributed by atoms with Crippen LogP contribution in [0.1, 0.15) is 45.3 Å². The van der Waals surface area contributed by atoms with Crippen molar-refractivity contribution in [3.05, 3.63) is 18.2 Å². The summed E-state index contributed by atoms with van der Waals surface area (Å²) in [5.41, 5.74) is 7.06. The fraction of sp³-hybridized carbons (Fsp3) is 0.727. The molecule has 0 bridgehead atoms. The molecule has 1 rings (SSSR count). The standard InChI is InChI=1S/C11H21N3/c1-8(2)10(5-12)14-7-13-6-11(14)9(3)4/h6-10H,5,12H2,1-4H3. The Labute approximate surface area is 86.3 Å². The van der Waals surface area contributed by atoms with E-state index in [0.29, 0.717) is 24.4 Å². The molecule has 0 fully saturated rings. The molecule has 0 aliphatic heterocycles. The molecule has 1 heterocycles. The van der Waals surface area contributed by atoms with Crippen LogP contribution in [0.15, 0.2) is 12.5 Å². The third-order valence-corrected chi connectivity index (χ3v) is 2.66. The molecule has 14 heavy (non-hydrogen) atoms. The Morgan fingerprint density at radius 2 is 2.00 bits per heavy atom. The van der Waals surface area contributed by atoms with Gasteiger partial charge in [-0.2, -0.15) is 0 Å². The van der Waals surface area contributed by atoms with E-state index >= 15 is 0 Å². The highest BCUT2D eigenvalue weighted by Crippen LogP contribution is 2.22. The molecule has 0 amide bonds. The van der Waals surface area contributed by atoms with Gasteiger partial charge in [0.05, 0.1) is 6.33 Å². The smallest absolute Gasteiger partial charge is 0.0951 e. The van der Waals surface area contributed by atoms with E-state index in [1.807, 2.05) is 12.5 Å². The largest absolute Gasteiger partial charge is 0.330 e. The molecule has 0 saturated carbocycles. The number of hydrogen-bond donors (Lipinski definition) is 1. The van der Waals surface area contributed by atoms with E-state index in [1.165, 1.54) is 5.69 Å². The number of nitrogens with two attached hydrogens (primary N) is 1. The molecule has 0 aliphatic rings. The summed E-state index contributed by atoms with van der Waals surface area (Å²) in [5, 5.41) is 0. The molecule has 1 aromatic heterocycles. The summed E-state index contributed by atoms with van der Waals surface area (Å²) in [6.07, 6.45) is 3.84. The molecular weight excluding hydrogens is 174 g/mol. The molecule has 0 radical (unpaired) electrons. The minimum absolute atomic E-state index is 0.370. The zero-order valence-electron chi connectivity index (χ0n) is 9.57. The van der Waals surface area contributed by atoms with Crippen molar-refractivity contribution in [1.82, 2.24) is 9.55 Å². The second-order valence-corrected chi connectivity index (χ2v) is 4.43. The van der Waals surface area contributed by atoms with Crippen LogP contribution in [0.5, 0.6) is 0 Å². The van der Waals surface area contributed by atoms with Crippen LogP contribution in [-0.2, 0) is 0 Å². The van der Waals surface area contributed by atoms with E-state index in [1.54, 1.807) is 0 Å². The van der Waals surface area contributed by atoms with E-state index in [-0.39, 0.29) is 0 Å². The Kier molecular flexibility index (Phi) is 3.69. The van der Waals surface area contributed by atoms with Crippen molar-refractivity contribution in [3.63, 3.8) is 0 Å². The van der Waals surface area contributed by atoms with Gasteiger partial charge in [0.1, 0.15) is 0 Å². The van der Waals surface area contributed by atoms with Gasteiger partial charge in [-0.05, 0) is 11.8 Å². The van der Waals surface area contributed by atoms with Gasteiger partial charge < -0.3 is 10.3 Å². The predicted octanol–water partition coefficient (Wildman–Crippen LogP) is 2.16. The van der Waals surface area contributed by atoms with Crippen molar-refractivity contribution in [3.8, 4) is 0 Å². The third-order valence-electron chi connectivity index (χ3n) is 2.66. The van der Waals surface area contributed by atoms with E-state index in [2.05, 4.69) is 37.2 Å². The van der Waals surface area contributed by atoms with Crippen LogP contribution in [0, 0.1) is 5.92 Å². The summed E-state index contributed by atoms with van der Waals surface area (Å²) in [5.74, 6) is 1.05. The Morgan fingerprint density at radius 3 is 2.43 bits per heavy atom. The number of aromatic nitrogens is 2. The summed E-state index contributed by atoms with van der Waals surface area (Å²) < 4.78 is 2.22. The zero-order valence-corrected chi connectivity index (χ0v) is 9.57. The van der Waals surface area contributed by atoms with Crippen molar-refractivity contribution in [2.75, 3.05) is 6.54 Å². The van der Waals surface area contributed by atoms with Crippen LogP contribution in [0.4, 0.5) is 0 Å². The SMILES string of the molecule is CC(C)c1cncn1C(CN)C(C)C. The summed E-state index contributed by atoms with van der Waals surface area (Å²) in [6.45, 7) is 9.43. The van der Waals surface area contributed by atoms with Gasteiger partial charge in [-0.3, -0.25) is 0 Å². The van der Waals surface area contributed by atoms with Gasteiger partial charge in [0, 0.05) is 24.5 Å². The van der Waals surface area contributed by atoms with Crippen LogP contribution in [0.25, 0.3) is 0 Å². The molecule has 2 N–H and O–H groups in total. The number of hydrogen-bond acceptors (Lipinski definition) is 2. The van der Waals surface area contributed by atoms with Crippen molar-refractivity contribution < 1.29 is 0 Å². The van der Waals surface area contributed by atoms with Gasteiger partial charge in [0.2, 0.25) is 0 Å². The first kappa shape index (κ1) is 11.2. The van der Waals surface area contributed by atoms with Gasteiger partial charge in [-0.1, -0.05) is 27.7 Å². The molecular formula is C11H21N3. The normalized spacial score (nSPS) is 13.9. The average molecular weight is 195 g/mol. The summed E-state index contributed by atoms with van der Waals surface area (Å²) in [6, 6.07) is 0.370. The van der Waals surface area contributed by atoms with Gasteiger partial charge >= 0.3 is 0 Å². The Hall–Kier alpha value is -0.830. The number of rotatable bonds is 4. The molecule has 1 aromatic rings. The predicted molar refractivity (Wildman–Crippen MR) is 59.2 cm³/mol. The van der Waals surface area contributed by atoms with Gasteiger partial charge in [-0.25, -0.2) is 4.98 Å². The molecule has 3 heteroatoms. The second kappa shape index (κ2) is 4.60. The molecule has 0 saturated heterocycles. The maximum Gasteiger partial charge on any atom is 0.0951 e. The van der Waals surface area contributed by atoms with Crippen LogP contribution in [0.2, 0.25) is 0 Å². The Morgan fingerprint density at radius 1 is 1.36 bits per heavy atom. The highest BCUT2D eigenvalue weighted by molar-refractivity contribution is 5.05. The monoisotopic (exact) mass is 195 g/mol. The van der Waals surface area contributed by atoms with Crippen LogP contribution >= 0.6 is 0 Å². The Balaban J connectivity index is 2.97. The molecule has 1 atom stereocenters. The molecule has 0 aromatic carbocycles.